The number of carbonyl (C=O) groups is 1. The van der Waals surface area contributed by atoms with Crippen LogP contribution in [0.4, 0.5) is 0 Å². The molecule has 3 rings (SSSR count). The Morgan fingerprint density at radius 3 is 2.36 bits per heavy atom. The number of benzene rings is 2. The molecular weight excluding hydrogens is 452 g/mol. The van der Waals surface area contributed by atoms with Crippen molar-refractivity contribution in [2.45, 2.75) is 6.92 Å². The molecular formula is C19H18Br2O4. The lowest BCUT2D eigenvalue weighted by Gasteiger charge is -2.12. The molecule has 0 bridgehead atoms. The van der Waals surface area contributed by atoms with E-state index < -0.39 is 0 Å². The third-order valence-corrected chi connectivity index (χ3v) is 4.82. The molecule has 2 aromatic carbocycles. The van der Waals surface area contributed by atoms with Crippen LogP contribution >= 0.6 is 31.9 Å². The Morgan fingerprint density at radius 2 is 1.56 bits per heavy atom. The molecule has 0 radical (unpaired) electrons. The lowest BCUT2D eigenvalue weighted by molar-refractivity contribution is 0.0405. The van der Waals surface area contributed by atoms with Gasteiger partial charge in [0.1, 0.15) is 12.4 Å². The number of hydrogen-bond donors (Lipinski definition) is 0. The maximum absolute atomic E-state index is 12.7. The molecule has 0 atom stereocenters. The van der Waals surface area contributed by atoms with Gasteiger partial charge in [-0.05, 0) is 36.8 Å². The van der Waals surface area contributed by atoms with Gasteiger partial charge >= 0.3 is 0 Å². The van der Waals surface area contributed by atoms with Gasteiger partial charge in [0.05, 0.1) is 19.8 Å². The first-order chi connectivity index (χ1) is 12.1. The predicted octanol–water partition coefficient (Wildman–Crippen LogP) is 4.85. The van der Waals surface area contributed by atoms with Crippen LogP contribution in [-0.2, 0) is 9.47 Å². The number of carbonyl (C=O) groups excluding carboxylic acids is 1. The van der Waals surface area contributed by atoms with E-state index in [9.17, 15) is 4.79 Å². The van der Waals surface area contributed by atoms with E-state index in [0.717, 1.165) is 20.1 Å². The smallest absolute Gasteiger partial charge is 0.194 e. The second kappa shape index (κ2) is 8.45. The second-order valence-corrected chi connectivity index (χ2v) is 7.33. The fourth-order valence-corrected chi connectivity index (χ4v) is 3.59. The fourth-order valence-electron chi connectivity index (χ4n) is 2.79. The zero-order valence-corrected chi connectivity index (χ0v) is 17.0. The monoisotopic (exact) mass is 468 g/mol. The quantitative estimate of drug-likeness (QED) is 0.442. The summed E-state index contributed by atoms with van der Waals surface area (Å²) in [6.45, 7) is 4.65. The minimum atomic E-state index is 0.0189. The molecule has 0 spiro atoms. The molecule has 0 aromatic heterocycles. The maximum atomic E-state index is 12.7. The molecule has 2 aromatic rings. The number of fused-ring (bicyclic) bond motifs is 3. The van der Waals surface area contributed by atoms with Gasteiger partial charge < -0.3 is 14.2 Å². The van der Waals surface area contributed by atoms with Crippen molar-refractivity contribution in [3.05, 3.63) is 50.4 Å². The molecule has 1 aliphatic carbocycles. The Hall–Kier alpha value is -1.21. The number of ether oxygens (including phenoxy) is 3. The zero-order chi connectivity index (χ0) is 17.8. The molecule has 0 aliphatic heterocycles. The van der Waals surface area contributed by atoms with Crippen molar-refractivity contribution in [3.63, 3.8) is 0 Å². The normalized spacial score (nSPS) is 12.2. The van der Waals surface area contributed by atoms with E-state index in [2.05, 4.69) is 31.9 Å². The van der Waals surface area contributed by atoms with E-state index in [1.165, 1.54) is 0 Å². The van der Waals surface area contributed by atoms with E-state index in [1.807, 2.05) is 37.3 Å². The van der Waals surface area contributed by atoms with Crippen LogP contribution < -0.4 is 4.74 Å². The summed E-state index contributed by atoms with van der Waals surface area (Å²) in [5.74, 6) is 0.706. The summed E-state index contributed by atoms with van der Waals surface area (Å²) in [7, 11) is 0. The minimum Gasteiger partial charge on any atom is -0.490 e. The first-order valence-electron chi connectivity index (χ1n) is 8.08. The number of rotatable bonds is 8. The molecule has 0 heterocycles. The third-order valence-electron chi connectivity index (χ3n) is 3.87. The molecule has 0 saturated heterocycles. The maximum Gasteiger partial charge on any atom is 0.194 e. The van der Waals surface area contributed by atoms with Gasteiger partial charge in [-0.1, -0.05) is 37.9 Å². The highest BCUT2D eigenvalue weighted by molar-refractivity contribution is 9.10. The van der Waals surface area contributed by atoms with Gasteiger partial charge in [0, 0.05) is 32.2 Å². The summed E-state index contributed by atoms with van der Waals surface area (Å²) in [6.07, 6.45) is 0. The van der Waals surface area contributed by atoms with Crippen molar-refractivity contribution < 1.29 is 19.0 Å². The average molecular weight is 470 g/mol. The lowest BCUT2D eigenvalue weighted by atomic mass is 10.0. The Labute approximate surface area is 163 Å². The van der Waals surface area contributed by atoms with Crippen molar-refractivity contribution in [2.75, 3.05) is 33.0 Å². The van der Waals surface area contributed by atoms with Crippen molar-refractivity contribution in [2.24, 2.45) is 0 Å². The number of hydrogen-bond acceptors (Lipinski definition) is 4. The van der Waals surface area contributed by atoms with Crippen LogP contribution in [0, 0.1) is 0 Å². The number of halogens is 2. The Morgan fingerprint density at radius 1 is 0.840 bits per heavy atom. The standard InChI is InChI=1S/C19H18Br2O4/c1-2-23-5-6-24-7-8-25-17-11-13(21)10-16-18(17)14-4-3-12(20)9-15(14)19(16)22/h3-4,9-11H,2,5-8H2,1H3. The molecule has 6 heteroatoms. The summed E-state index contributed by atoms with van der Waals surface area (Å²) in [5.41, 5.74) is 3.11. The molecule has 0 amide bonds. The third kappa shape index (κ3) is 4.14. The largest absolute Gasteiger partial charge is 0.490 e. The van der Waals surface area contributed by atoms with Crippen molar-refractivity contribution >= 4 is 37.6 Å². The first kappa shape index (κ1) is 18.6. The summed E-state index contributed by atoms with van der Waals surface area (Å²) < 4.78 is 18.3. The van der Waals surface area contributed by atoms with Gasteiger partial charge in [-0.3, -0.25) is 4.79 Å². The second-order valence-electron chi connectivity index (χ2n) is 5.50. The van der Waals surface area contributed by atoms with Crippen molar-refractivity contribution in [1.29, 1.82) is 0 Å². The SMILES string of the molecule is CCOCCOCCOc1cc(Br)cc2c1-c1ccc(Br)cc1C2=O. The highest BCUT2D eigenvalue weighted by Crippen LogP contribution is 2.44. The van der Waals surface area contributed by atoms with Crippen molar-refractivity contribution in [1.82, 2.24) is 0 Å². The van der Waals surface area contributed by atoms with Gasteiger partial charge in [0.2, 0.25) is 0 Å². The Kier molecular flexibility index (Phi) is 6.28. The van der Waals surface area contributed by atoms with E-state index >= 15 is 0 Å². The fraction of sp³-hybridized carbons (Fsp3) is 0.316. The summed E-state index contributed by atoms with van der Waals surface area (Å²) in [5, 5.41) is 0. The molecule has 0 saturated carbocycles. The van der Waals surface area contributed by atoms with Crippen LogP contribution in [0.3, 0.4) is 0 Å². The minimum absolute atomic E-state index is 0.0189. The van der Waals surface area contributed by atoms with Gasteiger partial charge in [-0.2, -0.15) is 0 Å². The topological polar surface area (TPSA) is 44.8 Å². The van der Waals surface area contributed by atoms with E-state index in [-0.39, 0.29) is 5.78 Å². The van der Waals surface area contributed by atoms with E-state index in [0.29, 0.717) is 49.9 Å². The van der Waals surface area contributed by atoms with Crippen LogP contribution in [0.5, 0.6) is 5.75 Å². The van der Waals surface area contributed by atoms with E-state index in [4.69, 9.17) is 14.2 Å². The Balaban J connectivity index is 1.75. The summed E-state index contributed by atoms with van der Waals surface area (Å²) in [4.78, 5) is 12.7. The van der Waals surface area contributed by atoms with Gasteiger partial charge in [0.25, 0.3) is 0 Å². The molecule has 0 N–H and O–H groups in total. The molecule has 132 valence electrons. The van der Waals surface area contributed by atoms with Crippen LogP contribution in [0.15, 0.2) is 39.3 Å². The van der Waals surface area contributed by atoms with Crippen LogP contribution in [0.25, 0.3) is 11.1 Å². The highest BCUT2D eigenvalue weighted by atomic mass is 79.9. The van der Waals surface area contributed by atoms with E-state index in [1.54, 1.807) is 0 Å². The summed E-state index contributed by atoms with van der Waals surface area (Å²) >= 11 is 6.89. The summed E-state index contributed by atoms with van der Waals surface area (Å²) in [6, 6.07) is 9.47. The molecule has 1 aliphatic rings. The first-order valence-corrected chi connectivity index (χ1v) is 9.67. The van der Waals surface area contributed by atoms with Gasteiger partial charge in [-0.15, -0.1) is 0 Å². The van der Waals surface area contributed by atoms with Crippen LogP contribution in [0.2, 0.25) is 0 Å². The average Bonchev–Trinajstić information content (AvgIpc) is 2.86. The van der Waals surface area contributed by atoms with Gasteiger partial charge in [-0.25, -0.2) is 0 Å². The molecule has 25 heavy (non-hydrogen) atoms. The molecule has 0 unspecified atom stereocenters. The Bertz CT molecular complexity index is 789. The lowest BCUT2D eigenvalue weighted by Crippen LogP contribution is -2.11. The predicted molar refractivity (Wildman–Crippen MR) is 104 cm³/mol. The van der Waals surface area contributed by atoms with Crippen LogP contribution in [0.1, 0.15) is 22.8 Å². The van der Waals surface area contributed by atoms with Crippen molar-refractivity contribution in [3.8, 4) is 16.9 Å². The van der Waals surface area contributed by atoms with Gasteiger partial charge in [0.15, 0.2) is 5.78 Å². The molecule has 4 nitrogen and oxygen atoms in total. The zero-order valence-electron chi connectivity index (χ0n) is 13.8. The van der Waals surface area contributed by atoms with Crippen LogP contribution in [-0.4, -0.2) is 38.8 Å². The number of ketones is 1. The molecule has 0 fully saturated rings. The highest BCUT2D eigenvalue weighted by Gasteiger charge is 2.30.